The van der Waals surface area contributed by atoms with Crippen LogP contribution in [0.3, 0.4) is 0 Å². The molecule has 1 amide bonds. The van der Waals surface area contributed by atoms with Crippen LogP contribution in [0.5, 0.6) is 5.75 Å². The highest BCUT2D eigenvalue weighted by molar-refractivity contribution is 5.96. The summed E-state index contributed by atoms with van der Waals surface area (Å²) in [6.07, 6.45) is 0. The van der Waals surface area contributed by atoms with E-state index in [2.05, 4.69) is 15.5 Å². The van der Waals surface area contributed by atoms with E-state index in [1.165, 1.54) is 25.1 Å². The Balaban J connectivity index is 1.69. The van der Waals surface area contributed by atoms with Crippen LogP contribution in [0.1, 0.15) is 21.8 Å². The van der Waals surface area contributed by atoms with E-state index < -0.39 is 10.8 Å². The molecule has 1 N–H and O–H groups in total. The van der Waals surface area contributed by atoms with Crippen molar-refractivity contribution in [3.63, 3.8) is 0 Å². The maximum Gasteiger partial charge on any atom is 0.273 e. The van der Waals surface area contributed by atoms with Gasteiger partial charge in [0.15, 0.2) is 0 Å². The second kappa shape index (κ2) is 7.65. The number of hydrogen-bond donors (Lipinski definition) is 1. The molecule has 9 heteroatoms. The van der Waals surface area contributed by atoms with Crippen molar-refractivity contribution in [3.05, 3.63) is 69.6 Å². The van der Waals surface area contributed by atoms with Crippen molar-refractivity contribution in [1.82, 2.24) is 15.5 Å². The Bertz CT molecular complexity index is 982. The van der Waals surface area contributed by atoms with E-state index >= 15 is 0 Å². The number of aromatic nitrogens is 2. The first kappa shape index (κ1) is 18.1. The third-order valence-corrected chi connectivity index (χ3v) is 3.96. The number of methoxy groups -OCH3 is 1. The largest absolute Gasteiger partial charge is 0.497 e. The van der Waals surface area contributed by atoms with Gasteiger partial charge in [0.05, 0.1) is 18.6 Å². The van der Waals surface area contributed by atoms with Crippen LogP contribution in [-0.4, -0.2) is 28.1 Å². The second-order valence-corrected chi connectivity index (χ2v) is 5.63. The van der Waals surface area contributed by atoms with Gasteiger partial charge in [0.1, 0.15) is 5.75 Å². The summed E-state index contributed by atoms with van der Waals surface area (Å²) in [5, 5.41) is 17.5. The molecule has 1 heterocycles. The molecule has 1 aromatic heterocycles. The lowest BCUT2D eigenvalue weighted by Gasteiger charge is -2.06. The first-order valence-electron chi connectivity index (χ1n) is 7.99. The van der Waals surface area contributed by atoms with Crippen molar-refractivity contribution in [2.75, 3.05) is 7.11 Å². The summed E-state index contributed by atoms with van der Waals surface area (Å²) in [4.78, 5) is 27.0. The fraction of sp³-hybridized carbons (Fsp3) is 0.167. The monoisotopic (exact) mass is 368 g/mol. The molecule has 0 atom stereocenters. The van der Waals surface area contributed by atoms with Gasteiger partial charge in [-0.3, -0.25) is 14.9 Å². The molecule has 3 aromatic rings. The van der Waals surface area contributed by atoms with Crippen LogP contribution in [0.15, 0.2) is 47.0 Å². The number of nitrogens with zero attached hydrogens (tertiary/aromatic N) is 3. The lowest BCUT2D eigenvalue weighted by atomic mass is 10.1. The summed E-state index contributed by atoms with van der Waals surface area (Å²) in [6.45, 7) is 1.53. The third-order valence-electron chi connectivity index (χ3n) is 3.96. The molecule has 9 nitrogen and oxygen atoms in total. The molecule has 3 rings (SSSR count). The van der Waals surface area contributed by atoms with Gasteiger partial charge in [-0.15, -0.1) is 0 Å². The Morgan fingerprint density at radius 2 is 2.00 bits per heavy atom. The minimum Gasteiger partial charge on any atom is -0.497 e. The van der Waals surface area contributed by atoms with Crippen LogP contribution in [0.2, 0.25) is 0 Å². The predicted molar refractivity (Wildman–Crippen MR) is 95.3 cm³/mol. The third kappa shape index (κ3) is 3.92. The van der Waals surface area contributed by atoms with Crippen LogP contribution < -0.4 is 10.1 Å². The van der Waals surface area contributed by atoms with Gasteiger partial charge in [0, 0.05) is 22.8 Å². The molecule has 0 radical (unpaired) electrons. The number of carbonyl (C=O) groups is 1. The fourth-order valence-electron chi connectivity index (χ4n) is 2.50. The number of benzene rings is 2. The van der Waals surface area contributed by atoms with Gasteiger partial charge in [-0.05, 0) is 37.3 Å². The van der Waals surface area contributed by atoms with Crippen LogP contribution in [0, 0.1) is 17.0 Å². The van der Waals surface area contributed by atoms with Gasteiger partial charge in [-0.1, -0.05) is 11.2 Å². The molecule has 0 saturated carbocycles. The van der Waals surface area contributed by atoms with Crippen LogP contribution in [0.25, 0.3) is 11.4 Å². The summed E-state index contributed by atoms with van der Waals surface area (Å²) in [5.74, 6) is 0.855. The van der Waals surface area contributed by atoms with Crippen molar-refractivity contribution >= 4 is 11.6 Å². The lowest BCUT2D eigenvalue weighted by Crippen LogP contribution is -2.24. The van der Waals surface area contributed by atoms with Crippen molar-refractivity contribution in [1.29, 1.82) is 0 Å². The maximum absolute atomic E-state index is 12.3. The van der Waals surface area contributed by atoms with Crippen LogP contribution in [-0.2, 0) is 6.54 Å². The van der Waals surface area contributed by atoms with Crippen LogP contribution >= 0.6 is 0 Å². The van der Waals surface area contributed by atoms with Gasteiger partial charge in [0.2, 0.25) is 11.7 Å². The second-order valence-electron chi connectivity index (χ2n) is 5.63. The molecule has 2 aromatic carbocycles. The van der Waals surface area contributed by atoms with E-state index in [0.29, 0.717) is 17.1 Å². The zero-order valence-electron chi connectivity index (χ0n) is 14.6. The highest BCUT2D eigenvalue weighted by atomic mass is 16.6. The van der Waals surface area contributed by atoms with E-state index in [9.17, 15) is 14.9 Å². The summed E-state index contributed by atoms with van der Waals surface area (Å²) in [7, 11) is 1.58. The molecule has 0 aliphatic carbocycles. The number of ether oxygens (including phenoxy) is 1. The van der Waals surface area contributed by atoms with Gasteiger partial charge < -0.3 is 14.6 Å². The number of nitro groups is 1. The first-order valence-corrected chi connectivity index (χ1v) is 7.99. The van der Waals surface area contributed by atoms with Crippen molar-refractivity contribution < 1.29 is 19.0 Å². The number of nitro benzene ring substituents is 1. The molecule has 27 heavy (non-hydrogen) atoms. The smallest absolute Gasteiger partial charge is 0.273 e. The molecule has 0 spiro atoms. The van der Waals surface area contributed by atoms with E-state index in [4.69, 9.17) is 9.26 Å². The van der Waals surface area contributed by atoms with E-state index in [1.54, 1.807) is 31.4 Å². The Kier molecular flexibility index (Phi) is 5.11. The quantitative estimate of drug-likeness (QED) is 0.524. The summed E-state index contributed by atoms with van der Waals surface area (Å²) < 4.78 is 10.2. The van der Waals surface area contributed by atoms with E-state index in [-0.39, 0.29) is 23.7 Å². The molecular formula is C18H16N4O5. The number of amides is 1. The zero-order valence-corrected chi connectivity index (χ0v) is 14.6. The van der Waals surface area contributed by atoms with Gasteiger partial charge >= 0.3 is 0 Å². The van der Waals surface area contributed by atoms with E-state index in [1.807, 2.05) is 0 Å². The molecule has 0 aliphatic rings. The minimum absolute atomic E-state index is 0.00409. The van der Waals surface area contributed by atoms with Gasteiger partial charge in [0.25, 0.3) is 11.6 Å². The van der Waals surface area contributed by atoms with Gasteiger partial charge in [-0.2, -0.15) is 4.98 Å². The SMILES string of the molecule is COc1ccc(-c2noc(CNC(=O)c3cccc([N+](=O)[O-])c3C)n2)cc1. The topological polar surface area (TPSA) is 120 Å². The Labute approximate surface area is 154 Å². The molecular weight excluding hydrogens is 352 g/mol. The number of carbonyl (C=O) groups excluding carboxylic acids is 1. The number of rotatable bonds is 6. The maximum atomic E-state index is 12.3. The summed E-state index contributed by atoms with van der Waals surface area (Å²) >= 11 is 0. The van der Waals surface area contributed by atoms with Crippen molar-refractivity contribution in [2.24, 2.45) is 0 Å². The van der Waals surface area contributed by atoms with Crippen molar-refractivity contribution in [3.8, 4) is 17.1 Å². The molecule has 0 unspecified atom stereocenters. The minimum atomic E-state index is -0.523. The van der Waals surface area contributed by atoms with Gasteiger partial charge in [-0.25, -0.2) is 0 Å². The average molecular weight is 368 g/mol. The molecule has 138 valence electrons. The first-order chi connectivity index (χ1) is 13.0. The highest BCUT2D eigenvalue weighted by Crippen LogP contribution is 2.22. The molecule has 0 bridgehead atoms. The number of nitrogens with one attached hydrogen (secondary N) is 1. The standard InChI is InChI=1S/C18H16N4O5/c1-11-14(4-3-5-15(11)22(24)25)18(23)19-10-16-20-17(21-27-16)12-6-8-13(26-2)9-7-12/h3-9H,10H2,1-2H3,(H,19,23). The van der Waals surface area contributed by atoms with E-state index in [0.717, 1.165) is 5.56 Å². The van der Waals surface area contributed by atoms with Crippen molar-refractivity contribution in [2.45, 2.75) is 13.5 Å². The zero-order chi connectivity index (χ0) is 19.4. The normalized spacial score (nSPS) is 10.4. The predicted octanol–water partition coefficient (Wildman–Crippen LogP) is 2.89. The Hall–Kier alpha value is -3.75. The summed E-state index contributed by atoms with van der Waals surface area (Å²) in [6, 6.07) is 11.5. The average Bonchev–Trinajstić information content (AvgIpc) is 3.15. The molecule has 0 aliphatic heterocycles. The summed E-state index contributed by atoms with van der Waals surface area (Å²) in [5.41, 5.74) is 1.15. The number of hydrogen-bond acceptors (Lipinski definition) is 7. The lowest BCUT2D eigenvalue weighted by molar-refractivity contribution is -0.385. The van der Waals surface area contributed by atoms with Crippen LogP contribution in [0.4, 0.5) is 5.69 Å². The fourth-order valence-corrected chi connectivity index (χ4v) is 2.50. The Morgan fingerprint density at radius 1 is 1.26 bits per heavy atom. The Morgan fingerprint density at radius 3 is 2.67 bits per heavy atom. The molecule has 0 saturated heterocycles. The highest BCUT2D eigenvalue weighted by Gasteiger charge is 2.18. The molecule has 0 fully saturated rings.